The van der Waals surface area contributed by atoms with Gasteiger partial charge < -0.3 is 0 Å². The summed E-state index contributed by atoms with van der Waals surface area (Å²) in [6.07, 6.45) is 0. The largest absolute Gasteiger partial charge is 0.0714 e. The van der Waals surface area contributed by atoms with Gasteiger partial charge in [-0.05, 0) is 112 Å². The molecule has 1 aliphatic carbocycles. The molecule has 10 aromatic rings. The van der Waals surface area contributed by atoms with Crippen molar-refractivity contribution in [2.45, 2.75) is 5.41 Å². The van der Waals surface area contributed by atoms with E-state index in [1.807, 2.05) is 0 Å². The quantitative estimate of drug-likeness (QED) is 0.160. The normalized spacial score (nSPS) is 12.7. The average Bonchev–Trinajstić information content (AvgIpc) is 3.60. The molecule has 0 heterocycles. The van der Waals surface area contributed by atoms with Gasteiger partial charge >= 0.3 is 0 Å². The Balaban J connectivity index is 1.20. The molecule has 0 saturated heterocycles. The van der Waals surface area contributed by atoms with Gasteiger partial charge in [-0.25, -0.2) is 0 Å². The second-order valence-electron chi connectivity index (χ2n) is 15.2. The van der Waals surface area contributed by atoms with Crippen LogP contribution < -0.4 is 0 Å². The molecule has 0 saturated carbocycles. The Hall–Kier alpha value is -7.28. The molecule has 0 aliphatic heterocycles. The smallest absolute Gasteiger partial charge is 0.0622 e. The topological polar surface area (TPSA) is 0 Å². The number of fused-ring (bicyclic) bond motifs is 6. The summed E-state index contributed by atoms with van der Waals surface area (Å²) >= 11 is 0. The lowest BCUT2D eigenvalue weighted by Gasteiger charge is -2.34. The van der Waals surface area contributed by atoms with Gasteiger partial charge in [0.2, 0.25) is 0 Å². The Labute approximate surface area is 334 Å². The van der Waals surface area contributed by atoms with Crippen LogP contribution in [-0.2, 0) is 5.41 Å². The van der Waals surface area contributed by atoms with Gasteiger partial charge in [0.25, 0.3) is 0 Å². The van der Waals surface area contributed by atoms with Crippen LogP contribution in [0.15, 0.2) is 231 Å². The lowest BCUT2D eigenvalue weighted by molar-refractivity contribution is 0.769. The van der Waals surface area contributed by atoms with E-state index >= 15 is 0 Å². The molecule has 0 amide bonds. The third-order valence-corrected chi connectivity index (χ3v) is 12.2. The van der Waals surface area contributed by atoms with Crippen LogP contribution in [0.4, 0.5) is 0 Å². The van der Waals surface area contributed by atoms with Crippen molar-refractivity contribution in [2.75, 3.05) is 0 Å². The molecule has 0 aromatic heterocycles. The van der Waals surface area contributed by atoms with Crippen LogP contribution in [0.25, 0.3) is 77.2 Å². The van der Waals surface area contributed by atoms with Gasteiger partial charge in [0, 0.05) is 0 Å². The SMILES string of the molecule is c1ccc(-c2ccc(-c3cc4c(c5ccccc35)-c3ccc(-c5ccc(-c6ccccc6)c6ccccc56)cc3C4(c3ccccc3)c3ccccc3)cc2)cc1. The molecule has 0 N–H and O–H groups in total. The predicted octanol–water partition coefficient (Wildman–Crippen LogP) is 15.0. The van der Waals surface area contributed by atoms with Gasteiger partial charge in [-0.3, -0.25) is 0 Å². The van der Waals surface area contributed by atoms with Crippen molar-refractivity contribution in [3.63, 3.8) is 0 Å². The Kier molecular flexibility index (Phi) is 7.83. The molecule has 10 aromatic carbocycles. The predicted molar refractivity (Wildman–Crippen MR) is 241 cm³/mol. The molecule has 0 radical (unpaired) electrons. The van der Waals surface area contributed by atoms with Crippen LogP contribution in [0.2, 0.25) is 0 Å². The molecule has 0 atom stereocenters. The molecule has 0 bridgehead atoms. The van der Waals surface area contributed by atoms with E-state index in [0.29, 0.717) is 0 Å². The van der Waals surface area contributed by atoms with Gasteiger partial charge in [-0.2, -0.15) is 0 Å². The van der Waals surface area contributed by atoms with Crippen molar-refractivity contribution >= 4 is 21.5 Å². The van der Waals surface area contributed by atoms with Crippen LogP contribution in [0.5, 0.6) is 0 Å². The van der Waals surface area contributed by atoms with E-state index in [-0.39, 0.29) is 0 Å². The van der Waals surface area contributed by atoms with E-state index in [1.165, 1.54) is 99.4 Å². The molecule has 0 nitrogen and oxygen atoms in total. The molecule has 1 aliphatic rings. The fourth-order valence-electron chi connectivity index (χ4n) is 9.64. The molecule has 57 heavy (non-hydrogen) atoms. The highest BCUT2D eigenvalue weighted by atomic mass is 14.5. The summed E-state index contributed by atoms with van der Waals surface area (Å²) in [4.78, 5) is 0. The van der Waals surface area contributed by atoms with Crippen molar-refractivity contribution in [3.8, 4) is 55.6 Å². The molecule has 0 heteroatoms. The molecule has 11 rings (SSSR count). The Morgan fingerprint density at radius 1 is 0.228 bits per heavy atom. The number of rotatable bonds is 6. The van der Waals surface area contributed by atoms with E-state index < -0.39 is 5.41 Å². The zero-order valence-electron chi connectivity index (χ0n) is 31.4. The minimum absolute atomic E-state index is 0.564. The highest BCUT2D eigenvalue weighted by Gasteiger charge is 2.47. The Morgan fingerprint density at radius 3 is 1.19 bits per heavy atom. The van der Waals surface area contributed by atoms with E-state index in [1.54, 1.807) is 0 Å². The zero-order chi connectivity index (χ0) is 37.8. The maximum atomic E-state index is 2.51. The van der Waals surface area contributed by atoms with Crippen molar-refractivity contribution < 1.29 is 0 Å². The average molecular weight is 723 g/mol. The van der Waals surface area contributed by atoms with Gasteiger partial charge in [-0.1, -0.05) is 218 Å². The molecule has 0 unspecified atom stereocenters. The van der Waals surface area contributed by atoms with Crippen molar-refractivity contribution in [1.29, 1.82) is 0 Å². The second-order valence-corrected chi connectivity index (χ2v) is 15.2. The Morgan fingerprint density at radius 2 is 0.614 bits per heavy atom. The third-order valence-electron chi connectivity index (χ3n) is 12.2. The standard InChI is InChI=1S/C57H38/c1-5-17-39(18-6-1)40-29-31-42(32-30-40)53-38-55-56(51-28-16-15-27-50(51)53)52-34-33-43(37-54(52)57(55,44-21-9-3-10-22-44)45-23-11-4-12-24-45)47-36-35-46(41-19-7-2-8-20-41)48-25-13-14-26-49(47)48/h1-38H. The number of hydrogen-bond donors (Lipinski definition) is 0. The summed E-state index contributed by atoms with van der Waals surface area (Å²) in [5, 5.41) is 5.05. The minimum Gasteiger partial charge on any atom is -0.0622 e. The Bertz CT molecular complexity index is 3030. The fourth-order valence-corrected chi connectivity index (χ4v) is 9.64. The van der Waals surface area contributed by atoms with Crippen molar-refractivity contribution in [3.05, 3.63) is 253 Å². The van der Waals surface area contributed by atoms with Gasteiger partial charge in [0.1, 0.15) is 0 Å². The summed E-state index contributed by atoms with van der Waals surface area (Å²) in [6, 6.07) is 85.2. The zero-order valence-corrected chi connectivity index (χ0v) is 31.4. The monoisotopic (exact) mass is 722 g/mol. The van der Waals surface area contributed by atoms with Crippen LogP contribution in [0, 0.1) is 0 Å². The molecule has 266 valence electrons. The summed E-state index contributed by atoms with van der Waals surface area (Å²) in [5.74, 6) is 0. The van der Waals surface area contributed by atoms with Crippen LogP contribution in [0.1, 0.15) is 22.3 Å². The maximum Gasteiger partial charge on any atom is 0.0714 e. The first-order valence-electron chi connectivity index (χ1n) is 19.8. The van der Waals surface area contributed by atoms with Crippen molar-refractivity contribution in [2.24, 2.45) is 0 Å². The first-order valence-corrected chi connectivity index (χ1v) is 19.8. The van der Waals surface area contributed by atoms with Gasteiger partial charge in [0.05, 0.1) is 5.41 Å². The summed E-state index contributed by atoms with van der Waals surface area (Å²) in [7, 11) is 0. The first kappa shape index (κ1) is 33.1. The highest BCUT2D eigenvalue weighted by Crippen LogP contribution is 2.59. The highest BCUT2D eigenvalue weighted by molar-refractivity contribution is 6.11. The molecular weight excluding hydrogens is 685 g/mol. The second kappa shape index (κ2) is 13.5. The van der Waals surface area contributed by atoms with E-state index in [2.05, 4.69) is 231 Å². The summed E-state index contributed by atoms with van der Waals surface area (Å²) in [6.45, 7) is 0. The summed E-state index contributed by atoms with van der Waals surface area (Å²) < 4.78 is 0. The maximum absolute atomic E-state index is 2.51. The van der Waals surface area contributed by atoms with E-state index in [0.717, 1.165) is 0 Å². The lowest BCUT2D eigenvalue weighted by atomic mass is 9.67. The van der Waals surface area contributed by atoms with Crippen LogP contribution in [-0.4, -0.2) is 0 Å². The first-order chi connectivity index (χ1) is 28.3. The van der Waals surface area contributed by atoms with Crippen molar-refractivity contribution in [1.82, 2.24) is 0 Å². The van der Waals surface area contributed by atoms with Gasteiger partial charge in [-0.15, -0.1) is 0 Å². The number of benzene rings is 10. The van der Waals surface area contributed by atoms with Crippen LogP contribution >= 0.6 is 0 Å². The molecular formula is C57H38. The molecule has 0 fully saturated rings. The fraction of sp³-hybridized carbons (Fsp3) is 0.0175. The minimum atomic E-state index is -0.564. The van der Waals surface area contributed by atoms with Crippen LogP contribution in [0.3, 0.4) is 0 Å². The lowest BCUT2D eigenvalue weighted by Crippen LogP contribution is -2.28. The van der Waals surface area contributed by atoms with E-state index in [9.17, 15) is 0 Å². The number of hydrogen-bond acceptors (Lipinski definition) is 0. The third kappa shape index (κ3) is 5.22. The van der Waals surface area contributed by atoms with Gasteiger partial charge in [0.15, 0.2) is 0 Å². The molecule has 0 spiro atoms. The van der Waals surface area contributed by atoms with E-state index in [4.69, 9.17) is 0 Å². The summed E-state index contributed by atoms with van der Waals surface area (Å²) in [5.41, 5.74) is 17.0.